The fraction of sp³-hybridized carbons (Fsp3) is 0.889. The van der Waals surface area contributed by atoms with Gasteiger partial charge in [0.25, 0.3) is 0 Å². The normalized spacial score (nSPS) is 27.7. The number of hydrogen-bond donors (Lipinski definition) is 2. The molecule has 0 unspecified atom stereocenters. The van der Waals surface area contributed by atoms with Crippen molar-refractivity contribution < 1.29 is 9.53 Å². The molecule has 1 N–H and O–H groups in total. The van der Waals surface area contributed by atoms with Crippen LogP contribution in [0.25, 0.3) is 0 Å². The highest BCUT2D eigenvalue weighted by Gasteiger charge is 2.28. The van der Waals surface area contributed by atoms with Crippen LogP contribution in [0.2, 0.25) is 0 Å². The van der Waals surface area contributed by atoms with E-state index >= 15 is 0 Å². The molecule has 1 amide bonds. The molecule has 0 saturated heterocycles. The van der Waals surface area contributed by atoms with Crippen molar-refractivity contribution in [2.24, 2.45) is 0 Å². The first kappa shape index (κ1) is 10.7. The number of nitrogens with one attached hydrogen (secondary N) is 1. The Morgan fingerprint density at radius 2 is 2.00 bits per heavy atom. The molecule has 3 nitrogen and oxygen atoms in total. The molecular formula is C9H17NO2S. The Morgan fingerprint density at radius 1 is 1.46 bits per heavy atom. The molecule has 76 valence electrons. The Balaban J connectivity index is 2.19. The van der Waals surface area contributed by atoms with Crippen molar-refractivity contribution in [3.63, 3.8) is 0 Å². The minimum absolute atomic E-state index is 0.261. The highest BCUT2D eigenvalue weighted by atomic mass is 32.1. The SMILES string of the molecule is CC(C)(C)OC(=O)N[C@H]1C[C@H](S)C1. The summed E-state index contributed by atoms with van der Waals surface area (Å²) in [6, 6.07) is 0.261. The first-order valence-electron chi connectivity index (χ1n) is 4.54. The smallest absolute Gasteiger partial charge is 0.407 e. The van der Waals surface area contributed by atoms with Crippen LogP contribution in [0.1, 0.15) is 33.6 Å². The zero-order valence-electron chi connectivity index (χ0n) is 8.33. The van der Waals surface area contributed by atoms with Gasteiger partial charge in [-0.1, -0.05) is 0 Å². The fourth-order valence-electron chi connectivity index (χ4n) is 1.18. The van der Waals surface area contributed by atoms with Gasteiger partial charge < -0.3 is 10.1 Å². The number of amides is 1. The van der Waals surface area contributed by atoms with E-state index in [0.717, 1.165) is 12.8 Å². The van der Waals surface area contributed by atoms with Gasteiger partial charge in [0.2, 0.25) is 0 Å². The van der Waals surface area contributed by atoms with Crippen molar-refractivity contribution in [1.29, 1.82) is 0 Å². The molecule has 0 radical (unpaired) electrons. The van der Waals surface area contributed by atoms with Crippen LogP contribution in [0, 0.1) is 0 Å². The summed E-state index contributed by atoms with van der Waals surface area (Å²) in [7, 11) is 0. The van der Waals surface area contributed by atoms with Gasteiger partial charge in [-0.15, -0.1) is 0 Å². The molecule has 13 heavy (non-hydrogen) atoms. The van der Waals surface area contributed by atoms with E-state index in [1.807, 2.05) is 20.8 Å². The highest BCUT2D eigenvalue weighted by molar-refractivity contribution is 7.81. The van der Waals surface area contributed by atoms with E-state index in [-0.39, 0.29) is 12.1 Å². The fourth-order valence-corrected chi connectivity index (χ4v) is 1.69. The zero-order chi connectivity index (χ0) is 10.1. The summed E-state index contributed by atoms with van der Waals surface area (Å²) in [5, 5.41) is 3.24. The van der Waals surface area contributed by atoms with Crippen LogP contribution >= 0.6 is 12.6 Å². The van der Waals surface area contributed by atoms with Crippen molar-refractivity contribution in [3.05, 3.63) is 0 Å². The second-order valence-corrected chi connectivity index (χ2v) is 5.20. The lowest BCUT2D eigenvalue weighted by Gasteiger charge is -2.33. The van der Waals surface area contributed by atoms with E-state index < -0.39 is 5.60 Å². The maximum atomic E-state index is 11.2. The van der Waals surface area contributed by atoms with Crippen LogP contribution in [0.3, 0.4) is 0 Å². The van der Waals surface area contributed by atoms with Crippen LogP contribution in [0.4, 0.5) is 4.79 Å². The lowest BCUT2D eigenvalue weighted by Crippen LogP contribution is -2.46. The molecule has 1 rings (SSSR count). The van der Waals surface area contributed by atoms with Gasteiger partial charge in [0.05, 0.1) is 0 Å². The summed E-state index contributed by atoms with van der Waals surface area (Å²) in [6.07, 6.45) is 1.57. The average molecular weight is 203 g/mol. The summed E-state index contributed by atoms with van der Waals surface area (Å²) in [6.45, 7) is 5.57. The third kappa shape index (κ3) is 3.89. The first-order chi connectivity index (χ1) is 5.87. The van der Waals surface area contributed by atoms with E-state index in [1.54, 1.807) is 0 Å². The lowest BCUT2D eigenvalue weighted by atomic mass is 9.92. The van der Waals surface area contributed by atoms with Crippen molar-refractivity contribution in [1.82, 2.24) is 5.32 Å². The molecule has 0 heterocycles. The third-order valence-corrected chi connectivity index (χ3v) is 2.26. The van der Waals surface area contributed by atoms with Crippen molar-refractivity contribution in [2.75, 3.05) is 0 Å². The van der Waals surface area contributed by atoms with Crippen LogP contribution in [0.5, 0.6) is 0 Å². The molecule has 0 aromatic rings. The van der Waals surface area contributed by atoms with E-state index in [4.69, 9.17) is 4.74 Å². The molecule has 0 spiro atoms. The number of alkyl carbamates (subject to hydrolysis) is 1. The number of carbonyl (C=O) groups excluding carboxylic acids is 1. The summed E-state index contributed by atoms with van der Waals surface area (Å²) in [5.41, 5.74) is -0.409. The first-order valence-corrected chi connectivity index (χ1v) is 5.06. The number of rotatable bonds is 1. The van der Waals surface area contributed by atoms with Crippen molar-refractivity contribution in [3.8, 4) is 0 Å². The quantitative estimate of drug-likeness (QED) is 0.639. The van der Waals surface area contributed by atoms with E-state index in [1.165, 1.54) is 0 Å². The molecule has 0 atom stereocenters. The number of carbonyl (C=O) groups is 1. The molecule has 1 fully saturated rings. The second-order valence-electron chi connectivity index (χ2n) is 4.47. The zero-order valence-corrected chi connectivity index (χ0v) is 9.23. The van der Waals surface area contributed by atoms with Crippen LogP contribution in [-0.2, 0) is 4.74 Å². The summed E-state index contributed by atoms with van der Waals surface area (Å²) < 4.78 is 5.10. The monoisotopic (exact) mass is 203 g/mol. The summed E-state index contributed by atoms with van der Waals surface area (Å²) in [5.74, 6) is 0. The Hall–Kier alpha value is -0.380. The minimum Gasteiger partial charge on any atom is -0.444 e. The maximum absolute atomic E-state index is 11.2. The predicted octanol–water partition coefficient (Wildman–Crippen LogP) is 1.97. The van der Waals surface area contributed by atoms with Crippen LogP contribution in [-0.4, -0.2) is 23.0 Å². The Kier molecular flexibility index (Phi) is 3.11. The molecule has 0 aromatic carbocycles. The van der Waals surface area contributed by atoms with E-state index in [9.17, 15) is 4.79 Å². The van der Waals surface area contributed by atoms with Gasteiger partial charge in [-0.25, -0.2) is 4.79 Å². The molecule has 0 bridgehead atoms. The molecule has 1 aliphatic carbocycles. The predicted molar refractivity (Wildman–Crippen MR) is 55.2 cm³/mol. The minimum atomic E-state index is -0.409. The van der Waals surface area contributed by atoms with Gasteiger partial charge in [0.15, 0.2) is 0 Å². The average Bonchev–Trinajstić information content (AvgIpc) is 1.79. The summed E-state index contributed by atoms with van der Waals surface area (Å²) >= 11 is 4.26. The maximum Gasteiger partial charge on any atom is 0.407 e. The van der Waals surface area contributed by atoms with Gasteiger partial charge in [-0.2, -0.15) is 12.6 Å². The van der Waals surface area contributed by atoms with Gasteiger partial charge in [0.1, 0.15) is 5.60 Å². The van der Waals surface area contributed by atoms with Gasteiger partial charge in [-0.05, 0) is 33.6 Å². The second kappa shape index (κ2) is 3.78. The molecule has 0 aromatic heterocycles. The van der Waals surface area contributed by atoms with Crippen LogP contribution < -0.4 is 5.32 Å². The largest absolute Gasteiger partial charge is 0.444 e. The molecule has 1 saturated carbocycles. The Bertz CT molecular complexity index is 194. The Morgan fingerprint density at radius 3 is 2.38 bits per heavy atom. The van der Waals surface area contributed by atoms with Gasteiger partial charge in [0, 0.05) is 11.3 Å². The summed E-state index contributed by atoms with van der Waals surface area (Å²) in [4.78, 5) is 11.2. The van der Waals surface area contributed by atoms with E-state index in [2.05, 4.69) is 17.9 Å². The third-order valence-electron chi connectivity index (χ3n) is 1.83. The molecule has 0 aliphatic heterocycles. The molecule has 1 aliphatic rings. The lowest BCUT2D eigenvalue weighted by molar-refractivity contribution is 0.0482. The molecule has 4 heteroatoms. The van der Waals surface area contributed by atoms with Gasteiger partial charge >= 0.3 is 6.09 Å². The van der Waals surface area contributed by atoms with Crippen LogP contribution in [0.15, 0.2) is 0 Å². The van der Waals surface area contributed by atoms with Crippen molar-refractivity contribution >= 4 is 18.7 Å². The topological polar surface area (TPSA) is 38.3 Å². The highest BCUT2D eigenvalue weighted by Crippen LogP contribution is 2.25. The van der Waals surface area contributed by atoms with Crippen molar-refractivity contribution in [2.45, 2.75) is 50.5 Å². The molecular weight excluding hydrogens is 186 g/mol. The number of ether oxygens (including phenoxy) is 1. The Labute approximate surface area is 84.6 Å². The number of hydrogen-bond acceptors (Lipinski definition) is 3. The number of thiol groups is 1. The van der Waals surface area contributed by atoms with E-state index in [0.29, 0.717) is 5.25 Å². The van der Waals surface area contributed by atoms with Gasteiger partial charge in [-0.3, -0.25) is 0 Å². The standard InChI is InChI=1S/C9H17NO2S/c1-9(2,3)12-8(11)10-6-4-7(13)5-6/h6-7,13H,4-5H2,1-3H3,(H,10,11)/t6-,7-.